The van der Waals surface area contributed by atoms with Crippen molar-refractivity contribution in [3.05, 3.63) is 53.2 Å². The smallest absolute Gasteiger partial charge is 0.318 e. The van der Waals surface area contributed by atoms with Crippen molar-refractivity contribution in [2.45, 2.75) is 51.8 Å². The number of likely N-dealkylation sites (tertiary alicyclic amines) is 1. The van der Waals surface area contributed by atoms with Gasteiger partial charge in [0, 0.05) is 12.6 Å². The molecular formula is C19H25N3O3. The lowest BCUT2D eigenvalue weighted by Gasteiger charge is -2.26. The van der Waals surface area contributed by atoms with E-state index in [4.69, 9.17) is 4.42 Å². The van der Waals surface area contributed by atoms with E-state index in [1.165, 1.54) is 0 Å². The molecule has 2 aromatic rings. The number of aliphatic hydroxyl groups excluding tert-OH is 1. The lowest BCUT2D eigenvalue weighted by molar-refractivity contribution is 0.126. The van der Waals surface area contributed by atoms with Gasteiger partial charge in [-0.1, -0.05) is 30.3 Å². The Kier molecular flexibility index (Phi) is 5.38. The number of rotatable bonds is 5. The second kappa shape index (κ2) is 7.70. The van der Waals surface area contributed by atoms with Crippen molar-refractivity contribution in [2.75, 3.05) is 6.54 Å². The van der Waals surface area contributed by atoms with Crippen molar-refractivity contribution in [2.24, 2.45) is 0 Å². The summed E-state index contributed by atoms with van der Waals surface area (Å²) in [5.74, 6) is 1.29. The Hall–Kier alpha value is -2.34. The Morgan fingerprint density at radius 1 is 1.40 bits per heavy atom. The van der Waals surface area contributed by atoms with Crippen LogP contribution in [-0.4, -0.2) is 33.6 Å². The molecule has 6 heteroatoms. The lowest BCUT2D eigenvalue weighted by Crippen LogP contribution is -2.43. The summed E-state index contributed by atoms with van der Waals surface area (Å²) in [5.41, 5.74) is 1.73. The third kappa shape index (κ3) is 4.20. The molecule has 1 fully saturated rings. The Labute approximate surface area is 147 Å². The van der Waals surface area contributed by atoms with Crippen LogP contribution < -0.4 is 5.32 Å². The van der Waals surface area contributed by atoms with Crippen LogP contribution in [-0.2, 0) is 6.54 Å². The van der Waals surface area contributed by atoms with Gasteiger partial charge in [0.1, 0.15) is 5.76 Å². The van der Waals surface area contributed by atoms with Gasteiger partial charge in [-0.2, -0.15) is 0 Å². The molecule has 1 aliphatic rings. The molecule has 0 bridgehead atoms. The Balaban J connectivity index is 1.56. The van der Waals surface area contributed by atoms with Crippen LogP contribution in [0.2, 0.25) is 0 Å². The molecule has 134 valence electrons. The zero-order chi connectivity index (χ0) is 17.8. The van der Waals surface area contributed by atoms with E-state index < -0.39 is 6.10 Å². The molecule has 3 rings (SSSR count). The highest BCUT2D eigenvalue weighted by atomic mass is 16.4. The van der Waals surface area contributed by atoms with Crippen LogP contribution in [0, 0.1) is 13.8 Å². The maximum Gasteiger partial charge on any atom is 0.318 e. The number of aryl methyl sites for hydroxylation is 2. The number of nitrogens with one attached hydrogen (secondary N) is 1. The summed E-state index contributed by atoms with van der Waals surface area (Å²) < 4.78 is 5.49. The van der Waals surface area contributed by atoms with Crippen molar-refractivity contribution in [3.8, 4) is 0 Å². The number of carbonyl (C=O) groups is 1. The van der Waals surface area contributed by atoms with E-state index in [0.29, 0.717) is 18.9 Å². The van der Waals surface area contributed by atoms with E-state index in [1.807, 2.05) is 49.1 Å². The van der Waals surface area contributed by atoms with Crippen molar-refractivity contribution < 1.29 is 14.3 Å². The number of urea groups is 1. The van der Waals surface area contributed by atoms with Gasteiger partial charge in [-0.3, -0.25) is 0 Å². The van der Waals surface area contributed by atoms with Crippen LogP contribution >= 0.6 is 0 Å². The number of nitrogens with zero attached hydrogens (tertiary/aromatic N) is 2. The third-order valence-corrected chi connectivity index (χ3v) is 4.78. The summed E-state index contributed by atoms with van der Waals surface area (Å²) >= 11 is 0. The predicted octanol–water partition coefficient (Wildman–Crippen LogP) is 3.09. The van der Waals surface area contributed by atoms with Crippen LogP contribution in [0.1, 0.15) is 48.3 Å². The summed E-state index contributed by atoms with van der Waals surface area (Å²) in [6.07, 6.45) is 1.86. The molecule has 1 aromatic carbocycles. The molecule has 2 N–H and O–H groups in total. The number of aliphatic hydroxyl groups is 1. The minimum absolute atomic E-state index is 0.0447. The van der Waals surface area contributed by atoms with Crippen molar-refractivity contribution in [3.63, 3.8) is 0 Å². The molecular weight excluding hydrogens is 318 g/mol. The van der Waals surface area contributed by atoms with Gasteiger partial charge >= 0.3 is 6.03 Å². The maximum absolute atomic E-state index is 12.5. The summed E-state index contributed by atoms with van der Waals surface area (Å²) in [6.45, 7) is 4.72. The fourth-order valence-corrected chi connectivity index (χ4v) is 3.28. The van der Waals surface area contributed by atoms with Gasteiger partial charge in [-0.15, -0.1) is 0 Å². The fourth-order valence-electron chi connectivity index (χ4n) is 3.28. The van der Waals surface area contributed by atoms with Crippen LogP contribution in [0.5, 0.6) is 0 Å². The SMILES string of the molecule is Cc1nc(CNC(=O)N2CCCC2CC(O)c2ccccc2)oc1C. The minimum atomic E-state index is -0.559. The summed E-state index contributed by atoms with van der Waals surface area (Å²) in [4.78, 5) is 18.6. The number of amides is 2. The highest BCUT2D eigenvalue weighted by Gasteiger charge is 2.30. The van der Waals surface area contributed by atoms with Crippen LogP contribution in [0.3, 0.4) is 0 Å². The van der Waals surface area contributed by atoms with Gasteiger partial charge < -0.3 is 19.7 Å². The Morgan fingerprint density at radius 2 is 2.16 bits per heavy atom. The highest BCUT2D eigenvalue weighted by Crippen LogP contribution is 2.27. The zero-order valence-corrected chi connectivity index (χ0v) is 14.7. The minimum Gasteiger partial charge on any atom is -0.444 e. The normalized spacial score (nSPS) is 18.4. The molecule has 0 saturated carbocycles. The number of oxazole rings is 1. The van der Waals surface area contributed by atoms with Gasteiger partial charge in [0.25, 0.3) is 0 Å². The van der Waals surface area contributed by atoms with E-state index >= 15 is 0 Å². The van der Waals surface area contributed by atoms with Crippen LogP contribution in [0.15, 0.2) is 34.7 Å². The molecule has 0 aliphatic carbocycles. The first-order chi connectivity index (χ1) is 12.0. The molecule has 0 spiro atoms. The second-order valence-corrected chi connectivity index (χ2v) is 6.56. The summed E-state index contributed by atoms with van der Waals surface area (Å²) in [5, 5.41) is 13.3. The summed E-state index contributed by atoms with van der Waals surface area (Å²) in [7, 11) is 0. The van der Waals surface area contributed by atoms with Crippen molar-refractivity contribution in [1.29, 1.82) is 0 Å². The number of hydrogen-bond acceptors (Lipinski definition) is 4. The van der Waals surface area contributed by atoms with Gasteiger partial charge in [0.05, 0.1) is 18.3 Å². The lowest BCUT2D eigenvalue weighted by atomic mass is 10.0. The molecule has 0 radical (unpaired) electrons. The molecule has 25 heavy (non-hydrogen) atoms. The molecule has 1 aromatic heterocycles. The van der Waals surface area contributed by atoms with E-state index in [9.17, 15) is 9.90 Å². The standard InChI is InChI=1S/C19H25N3O3/c1-13-14(2)25-18(21-13)12-20-19(24)22-10-6-9-16(22)11-17(23)15-7-4-3-5-8-15/h3-5,7-8,16-17,23H,6,9-12H2,1-2H3,(H,20,24). The highest BCUT2D eigenvalue weighted by molar-refractivity contribution is 5.74. The van der Waals surface area contributed by atoms with Crippen molar-refractivity contribution >= 4 is 6.03 Å². The topological polar surface area (TPSA) is 78.6 Å². The molecule has 2 heterocycles. The van der Waals surface area contributed by atoms with Crippen molar-refractivity contribution in [1.82, 2.24) is 15.2 Å². The van der Waals surface area contributed by atoms with Crippen LogP contribution in [0.25, 0.3) is 0 Å². The predicted molar refractivity (Wildman–Crippen MR) is 94.0 cm³/mol. The first-order valence-corrected chi connectivity index (χ1v) is 8.75. The zero-order valence-electron chi connectivity index (χ0n) is 14.7. The Morgan fingerprint density at radius 3 is 2.84 bits per heavy atom. The second-order valence-electron chi connectivity index (χ2n) is 6.56. The Bertz CT molecular complexity index is 694. The van der Waals surface area contributed by atoms with Gasteiger partial charge in [-0.25, -0.2) is 9.78 Å². The molecule has 2 unspecified atom stereocenters. The molecule has 2 atom stereocenters. The number of carbonyl (C=O) groups excluding carboxylic acids is 1. The average Bonchev–Trinajstić information content (AvgIpc) is 3.20. The van der Waals surface area contributed by atoms with E-state index in [2.05, 4.69) is 10.3 Å². The first-order valence-electron chi connectivity index (χ1n) is 8.75. The number of benzene rings is 1. The molecule has 2 amide bonds. The summed E-state index contributed by atoms with van der Waals surface area (Å²) in [6, 6.07) is 9.50. The third-order valence-electron chi connectivity index (χ3n) is 4.78. The van der Waals surface area contributed by atoms with E-state index in [-0.39, 0.29) is 18.6 Å². The molecule has 1 aliphatic heterocycles. The van der Waals surface area contributed by atoms with Gasteiger partial charge in [0.15, 0.2) is 0 Å². The fraction of sp³-hybridized carbons (Fsp3) is 0.474. The average molecular weight is 343 g/mol. The molecule has 1 saturated heterocycles. The first kappa shape index (κ1) is 17.5. The maximum atomic E-state index is 12.5. The van der Waals surface area contributed by atoms with Gasteiger partial charge in [-0.05, 0) is 38.7 Å². The largest absolute Gasteiger partial charge is 0.444 e. The molecule has 6 nitrogen and oxygen atoms in total. The monoisotopic (exact) mass is 343 g/mol. The number of hydrogen-bond donors (Lipinski definition) is 2. The van der Waals surface area contributed by atoms with E-state index in [1.54, 1.807) is 0 Å². The quantitative estimate of drug-likeness (QED) is 0.874. The number of aromatic nitrogens is 1. The van der Waals surface area contributed by atoms with E-state index in [0.717, 1.165) is 29.9 Å². The van der Waals surface area contributed by atoms with Crippen LogP contribution in [0.4, 0.5) is 4.79 Å². The van der Waals surface area contributed by atoms with Gasteiger partial charge in [0.2, 0.25) is 5.89 Å².